The molecule has 2 rings (SSSR count). The van der Waals surface area contributed by atoms with E-state index in [4.69, 9.17) is 4.74 Å². The molecule has 1 aliphatic rings. The average molecular weight is 207 g/mol. The van der Waals surface area contributed by atoms with Crippen molar-refractivity contribution < 1.29 is 14.6 Å². The summed E-state index contributed by atoms with van der Waals surface area (Å²) in [5.74, 6) is -0.0268. The number of hydrogen-bond donors (Lipinski definition) is 1. The minimum absolute atomic E-state index is 0.0177. The molecule has 0 bridgehead atoms. The van der Waals surface area contributed by atoms with Gasteiger partial charge in [0.05, 0.1) is 12.7 Å². The van der Waals surface area contributed by atoms with Crippen molar-refractivity contribution in [1.82, 2.24) is 4.98 Å². The van der Waals surface area contributed by atoms with Crippen LogP contribution < -0.4 is 0 Å². The zero-order valence-electron chi connectivity index (χ0n) is 8.56. The van der Waals surface area contributed by atoms with Crippen LogP contribution in [0.1, 0.15) is 47.5 Å². The highest BCUT2D eigenvalue weighted by atomic mass is 16.5. The average Bonchev–Trinajstić information content (AvgIpc) is 2.64. The molecule has 0 saturated carbocycles. The zero-order valence-corrected chi connectivity index (χ0v) is 8.56. The van der Waals surface area contributed by atoms with E-state index >= 15 is 0 Å². The maximum Gasteiger partial charge on any atom is 0.172 e. The summed E-state index contributed by atoms with van der Waals surface area (Å²) in [5.41, 5.74) is 1.72. The summed E-state index contributed by atoms with van der Waals surface area (Å²) < 4.78 is 5.53. The van der Waals surface area contributed by atoms with Crippen molar-refractivity contribution in [2.75, 3.05) is 0 Å². The van der Waals surface area contributed by atoms with Crippen molar-refractivity contribution in [1.29, 1.82) is 0 Å². The van der Waals surface area contributed by atoms with Crippen LogP contribution in [-0.4, -0.2) is 16.4 Å². The molecule has 0 aliphatic carbocycles. The Hall–Kier alpha value is -1.42. The van der Waals surface area contributed by atoms with Crippen molar-refractivity contribution >= 4 is 6.29 Å². The van der Waals surface area contributed by atoms with Gasteiger partial charge in [-0.3, -0.25) is 4.79 Å². The smallest absolute Gasteiger partial charge is 0.172 e. The van der Waals surface area contributed by atoms with E-state index < -0.39 is 0 Å². The summed E-state index contributed by atoms with van der Waals surface area (Å²) in [6, 6.07) is 0. The Kier molecular flexibility index (Phi) is 2.68. The molecule has 0 spiro atoms. The highest BCUT2D eigenvalue weighted by Crippen LogP contribution is 2.38. The van der Waals surface area contributed by atoms with Crippen LogP contribution in [0.4, 0.5) is 0 Å². The van der Waals surface area contributed by atoms with E-state index in [0.29, 0.717) is 18.5 Å². The Morgan fingerprint density at radius 1 is 1.73 bits per heavy atom. The predicted molar refractivity (Wildman–Crippen MR) is 53.7 cm³/mol. The minimum atomic E-state index is -0.0268. The molecule has 15 heavy (non-hydrogen) atoms. The minimum Gasteiger partial charge on any atom is -0.505 e. The van der Waals surface area contributed by atoms with Gasteiger partial charge in [-0.1, -0.05) is 13.3 Å². The topological polar surface area (TPSA) is 59.4 Å². The van der Waals surface area contributed by atoms with Crippen LogP contribution >= 0.6 is 0 Å². The maximum absolute atomic E-state index is 10.6. The fourth-order valence-corrected chi connectivity index (χ4v) is 1.86. The number of fused-ring (bicyclic) bond motifs is 1. The van der Waals surface area contributed by atoms with Gasteiger partial charge in [-0.05, 0) is 6.42 Å². The number of pyridine rings is 1. The number of ether oxygens (including phenoxy) is 1. The number of aromatic nitrogens is 1. The molecule has 0 fully saturated rings. The lowest BCUT2D eigenvalue weighted by Gasteiger charge is -2.08. The number of hydrogen-bond acceptors (Lipinski definition) is 4. The molecule has 2 heterocycles. The molecule has 4 heteroatoms. The van der Waals surface area contributed by atoms with Gasteiger partial charge in [-0.25, -0.2) is 4.98 Å². The third-order valence-electron chi connectivity index (χ3n) is 2.66. The quantitative estimate of drug-likeness (QED) is 0.770. The number of carbonyl (C=O) groups excluding carboxylic acids is 1. The highest BCUT2D eigenvalue weighted by Gasteiger charge is 2.26. The number of carbonyl (C=O) groups is 1. The van der Waals surface area contributed by atoms with Gasteiger partial charge in [-0.15, -0.1) is 0 Å². The van der Waals surface area contributed by atoms with Crippen molar-refractivity contribution in [3.8, 4) is 5.75 Å². The molecular weight excluding hydrogens is 194 g/mol. The molecule has 4 nitrogen and oxygen atoms in total. The van der Waals surface area contributed by atoms with Gasteiger partial charge in [0.25, 0.3) is 0 Å². The molecule has 1 aromatic rings. The number of nitrogens with zero attached hydrogens (tertiary/aromatic N) is 1. The fourth-order valence-electron chi connectivity index (χ4n) is 1.86. The summed E-state index contributed by atoms with van der Waals surface area (Å²) in [7, 11) is 0. The lowest BCUT2D eigenvalue weighted by atomic mass is 10.0. The van der Waals surface area contributed by atoms with Gasteiger partial charge < -0.3 is 9.84 Å². The van der Waals surface area contributed by atoms with Gasteiger partial charge in [0.1, 0.15) is 11.4 Å². The number of aromatic hydroxyl groups is 1. The Bertz CT molecular complexity index is 390. The van der Waals surface area contributed by atoms with Crippen LogP contribution in [0.2, 0.25) is 0 Å². The predicted octanol–water partition coefficient (Wildman–Crippen LogP) is 1.97. The third-order valence-corrected chi connectivity index (χ3v) is 2.66. The molecule has 1 aliphatic heterocycles. The van der Waals surface area contributed by atoms with Crippen molar-refractivity contribution in [3.63, 3.8) is 0 Å². The molecule has 0 saturated heterocycles. The first-order valence-corrected chi connectivity index (χ1v) is 5.05. The van der Waals surface area contributed by atoms with E-state index in [-0.39, 0.29) is 17.5 Å². The zero-order chi connectivity index (χ0) is 10.8. The van der Waals surface area contributed by atoms with Crippen LogP contribution in [0.25, 0.3) is 0 Å². The van der Waals surface area contributed by atoms with E-state index in [9.17, 15) is 9.90 Å². The lowest BCUT2D eigenvalue weighted by Crippen LogP contribution is -1.97. The van der Waals surface area contributed by atoms with Gasteiger partial charge in [0.2, 0.25) is 0 Å². The van der Waals surface area contributed by atoms with Crippen LogP contribution in [0.5, 0.6) is 5.75 Å². The van der Waals surface area contributed by atoms with Gasteiger partial charge >= 0.3 is 0 Å². The standard InChI is InChI=1S/C11H13NO3/c1-2-3-10-7-4-12-9(5-13)11(14)8(7)6-15-10/h4-5,10,14H,2-3,6H2,1H3. The fraction of sp³-hybridized carbons (Fsp3) is 0.455. The van der Waals surface area contributed by atoms with Crippen molar-refractivity contribution in [3.05, 3.63) is 23.0 Å². The Balaban J connectivity index is 2.40. The second kappa shape index (κ2) is 3.98. The van der Waals surface area contributed by atoms with Crippen LogP contribution in [0.3, 0.4) is 0 Å². The van der Waals surface area contributed by atoms with Crippen LogP contribution in [-0.2, 0) is 11.3 Å². The molecule has 80 valence electrons. The first-order chi connectivity index (χ1) is 7.27. The Morgan fingerprint density at radius 2 is 2.53 bits per heavy atom. The first-order valence-electron chi connectivity index (χ1n) is 5.05. The maximum atomic E-state index is 10.6. The molecule has 1 unspecified atom stereocenters. The van der Waals surface area contributed by atoms with Gasteiger partial charge in [0.15, 0.2) is 6.29 Å². The SMILES string of the molecule is CCCC1OCc2c1cnc(C=O)c2O. The van der Waals surface area contributed by atoms with E-state index in [1.54, 1.807) is 6.20 Å². The number of aldehydes is 1. The van der Waals surface area contributed by atoms with Crippen molar-refractivity contribution in [2.45, 2.75) is 32.5 Å². The molecular formula is C11H13NO3. The molecule has 1 atom stereocenters. The van der Waals surface area contributed by atoms with Gasteiger partial charge in [0, 0.05) is 17.3 Å². The number of rotatable bonds is 3. The van der Waals surface area contributed by atoms with E-state index in [0.717, 1.165) is 18.4 Å². The summed E-state index contributed by atoms with van der Waals surface area (Å²) >= 11 is 0. The largest absolute Gasteiger partial charge is 0.505 e. The van der Waals surface area contributed by atoms with Gasteiger partial charge in [-0.2, -0.15) is 0 Å². The van der Waals surface area contributed by atoms with Crippen molar-refractivity contribution in [2.24, 2.45) is 0 Å². The van der Waals surface area contributed by atoms with E-state index in [1.807, 2.05) is 0 Å². The molecule has 0 radical (unpaired) electrons. The Labute approximate surface area is 87.9 Å². The van der Waals surface area contributed by atoms with Crippen LogP contribution in [0, 0.1) is 0 Å². The molecule has 0 aromatic carbocycles. The lowest BCUT2D eigenvalue weighted by molar-refractivity contribution is 0.0591. The molecule has 0 amide bonds. The Morgan fingerprint density at radius 3 is 3.20 bits per heavy atom. The summed E-state index contributed by atoms with van der Waals surface area (Å²) in [5, 5.41) is 9.72. The summed E-state index contributed by atoms with van der Waals surface area (Å²) in [6.45, 7) is 2.45. The third kappa shape index (κ3) is 1.61. The second-order valence-corrected chi connectivity index (χ2v) is 3.63. The molecule has 1 N–H and O–H groups in total. The monoisotopic (exact) mass is 207 g/mol. The second-order valence-electron chi connectivity index (χ2n) is 3.63. The normalized spacial score (nSPS) is 18.9. The summed E-state index contributed by atoms with van der Waals surface area (Å²) in [4.78, 5) is 14.5. The van der Waals surface area contributed by atoms with E-state index in [1.165, 1.54) is 0 Å². The van der Waals surface area contributed by atoms with Crippen LogP contribution in [0.15, 0.2) is 6.20 Å². The first kappa shape index (κ1) is 10.1. The van der Waals surface area contributed by atoms with E-state index in [2.05, 4.69) is 11.9 Å². The molecule has 1 aromatic heterocycles. The highest BCUT2D eigenvalue weighted by molar-refractivity contribution is 5.77. The summed E-state index contributed by atoms with van der Waals surface area (Å²) in [6.07, 6.45) is 4.13.